The van der Waals surface area contributed by atoms with Gasteiger partial charge in [0.15, 0.2) is 0 Å². The van der Waals surface area contributed by atoms with E-state index < -0.39 is 0 Å². The summed E-state index contributed by atoms with van der Waals surface area (Å²) in [5.74, 6) is 0. The molecular formula is C14H15N3. The molecule has 17 heavy (non-hydrogen) atoms. The normalized spacial score (nSPS) is 11.4. The van der Waals surface area contributed by atoms with Gasteiger partial charge in [0.2, 0.25) is 0 Å². The van der Waals surface area contributed by atoms with Gasteiger partial charge in [0.05, 0.1) is 0 Å². The Balaban J connectivity index is 2.52. The van der Waals surface area contributed by atoms with Gasteiger partial charge in [0.1, 0.15) is 0 Å². The molecule has 3 aromatic rings. The van der Waals surface area contributed by atoms with Crippen LogP contribution in [0.5, 0.6) is 0 Å². The van der Waals surface area contributed by atoms with Gasteiger partial charge in [-0.05, 0) is 42.3 Å². The van der Waals surface area contributed by atoms with Crippen molar-refractivity contribution in [3.63, 3.8) is 0 Å². The lowest BCUT2D eigenvalue weighted by molar-refractivity contribution is 1.15. The fourth-order valence-electron chi connectivity index (χ4n) is 2.39. The third-order valence-electron chi connectivity index (χ3n) is 3.22. The van der Waals surface area contributed by atoms with E-state index >= 15 is 0 Å². The number of rotatable bonds is 1. The first-order valence-corrected chi connectivity index (χ1v) is 5.78. The van der Waals surface area contributed by atoms with Gasteiger partial charge < -0.3 is 16.5 Å². The number of aromatic amines is 1. The minimum Gasteiger partial charge on any atom is -0.399 e. The van der Waals surface area contributed by atoms with E-state index in [1.807, 2.05) is 30.3 Å². The zero-order valence-corrected chi connectivity index (χ0v) is 9.75. The highest BCUT2D eigenvalue weighted by molar-refractivity contribution is 6.10. The maximum atomic E-state index is 5.94. The first-order chi connectivity index (χ1) is 8.19. The molecule has 1 heterocycles. The number of H-pyrrole nitrogens is 1. The summed E-state index contributed by atoms with van der Waals surface area (Å²) in [6, 6.07) is 9.95. The fourth-order valence-corrected chi connectivity index (χ4v) is 2.39. The molecule has 0 aliphatic heterocycles. The van der Waals surface area contributed by atoms with Crippen LogP contribution in [0.4, 0.5) is 11.4 Å². The predicted octanol–water partition coefficient (Wildman–Crippen LogP) is 3.05. The van der Waals surface area contributed by atoms with Crippen molar-refractivity contribution in [3.8, 4) is 0 Å². The molecule has 0 radical (unpaired) electrons. The average molecular weight is 225 g/mol. The average Bonchev–Trinajstić information content (AvgIpc) is 2.66. The molecule has 0 aliphatic carbocycles. The molecule has 3 heteroatoms. The van der Waals surface area contributed by atoms with Crippen LogP contribution >= 0.6 is 0 Å². The molecule has 0 saturated carbocycles. The molecule has 0 unspecified atom stereocenters. The van der Waals surface area contributed by atoms with E-state index in [1.165, 1.54) is 11.1 Å². The molecule has 0 aliphatic rings. The van der Waals surface area contributed by atoms with Gasteiger partial charge in [-0.25, -0.2) is 0 Å². The molecule has 0 spiro atoms. The largest absolute Gasteiger partial charge is 0.399 e. The lowest BCUT2D eigenvalue weighted by atomic mass is 10.1. The molecule has 0 atom stereocenters. The number of nitrogens with one attached hydrogen (secondary N) is 1. The minimum absolute atomic E-state index is 0.777. The Morgan fingerprint density at radius 1 is 1.00 bits per heavy atom. The zero-order valence-electron chi connectivity index (χ0n) is 9.75. The number of aryl methyl sites for hydroxylation is 1. The SMILES string of the molecule is CCc1cc(N)cc2c1[nH]c1ccc(N)cc12. The van der Waals surface area contributed by atoms with Gasteiger partial charge in [-0.2, -0.15) is 0 Å². The van der Waals surface area contributed by atoms with Crippen LogP contribution in [0.1, 0.15) is 12.5 Å². The van der Waals surface area contributed by atoms with Crippen LogP contribution < -0.4 is 11.5 Å². The number of aromatic nitrogens is 1. The van der Waals surface area contributed by atoms with Gasteiger partial charge >= 0.3 is 0 Å². The van der Waals surface area contributed by atoms with Gasteiger partial charge in [-0.3, -0.25) is 0 Å². The first-order valence-electron chi connectivity index (χ1n) is 5.78. The molecule has 86 valence electrons. The van der Waals surface area contributed by atoms with Crippen molar-refractivity contribution >= 4 is 33.2 Å². The Hall–Kier alpha value is -2.16. The molecule has 0 amide bonds. The molecule has 2 aromatic carbocycles. The monoisotopic (exact) mass is 225 g/mol. The van der Waals surface area contributed by atoms with Crippen LogP contribution in [0.2, 0.25) is 0 Å². The summed E-state index contributed by atoms with van der Waals surface area (Å²) in [7, 11) is 0. The van der Waals surface area contributed by atoms with Crippen molar-refractivity contribution in [1.29, 1.82) is 0 Å². The summed E-state index contributed by atoms with van der Waals surface area (Å²) in [4.78, 5) is 3.44. The molecular weight excluding hydrogens is 210 g/mol. The second-order valence-electron chi connectivity index (χ2n) is 4.39. The molecule has 0 bridgehead atoms. The third kappa shape index (κ3) is 1.43. The number of hydrogen-bond acceptors (Lipinski definition) is 2. The number of hydrogen-bond donors (Lipinski definition) is 3. The summed E-state index contributed by atoms with van der Waals surface area (Å²) in [6.07, 6.45) is 0.962. The van der Waals surface area contributed by atoms with Crippen molar-refractivity contribution in [3.05, 3.63) is 35.9 Å². The second-order valence-corrected chi connectivity index (χ2v) is 4.39. The summed E-state index contributed by atoms with van der Waals surface area (Å²) >= 11 is 0. The van der Waals surface area contributed by atoms with E-state index in [0.717, 1.165) is 34.1 Å². The van der Waals surface area contributed by atoms with E-state index in [1.54, 1.807) is 0 Å². The number of benzene rings is 2. The van der Waals surface area contributed by atoms with Crippen molar-refractivity contribution in [2.75, 3.05) is 11.5 Å². The van der Waals surface area contributed by atoms with E-state index in [4.69, 9.17) is 11.5 Å². The van der Waals surface area contributed by atoms with E-state index in [9.17, 15) is 0 Å². The highest BCUT2D eigenvalue weighted by Crippen LogP contribution is 2.31. The van der Waals surface area contributed by atoms with Gasteiger partial charge in [-0.1, -0.05) is 6.92 Å². The second kappa shape index (κ2) is 3.42. The molecule has 0 saturated heterocycles. The maximum absolute atomic E-state index is 5.94. The zero-order chi connectivity index (χ0) is 12.0. The van der Waals surface area contributed by atoms with Crippen LogP contribution in [0.25, 0.3) is 21.8 Å². The summed E-state index contributed by atoms with van der Waals surface area (Å²) in [5, 5.41) is 2.30. The van der Waals surface area contributed by atoms with E-state index in [-0.39, 0.29) is 0 Å². The van der Waals surface area contributed by atoms with Crippen LogP contribution in [0, 0.1) is 0 Å². The van der Waals surface area contributed by atoms with Crippen molar-refractivity contribution in [1.82, 2.24) is 4.98 Å². The van der Waals surface area contributed by atoms with Crippen molar-refractivity contribution < 1.29 is 0 Å². The molecule has 3 rings (SSSR count). The fraction of sp³-hybridized carbons (Fsp3) is 0.143. The van der Waals surface area contributed by atoms with Crippen molar-refractivity contribution in [2.24, 2.45) is 0 Å². The van der Waals surface area contributed by atoms with Gasteiger partial charge in [0.25, 0.3) is 0 Å². The number of nitrogens with two attached hydrogens (primary N) is 2. The number of fused-ring (bicyclic) bond motifs is 3. The smallest absolute Gasteiger partial charge is 0.0498 e. The number of anilines is 2. The number of nitrogen functional groups attached to an aromatic ring is 2. The standard InChI is InChI=1S/C14H15N3/c1-2-8-5-10(16)7-12-11-6-9(15)3-4-13(11)17-14(8)12/h3-7,17H,2,15-16H2,1H3. The van der Waals surface area contributed by atoms with Gasteiger partial charge in [-0.15, -0.1) is 0 Å². The molecule has 1 aromatic heterocycles. The highest BCUT2D eigenvalue weighted by atomic mass is 14.7. The third-order valence-corrected chi connectivity index (χ3v) is 3.22. The lowest BCUT2D eigenvalue weighted by Crippen LogP contribution is -1.89. The van der Waals surface area contributed by atoms with Crippen LogP contribution in [0.15, 0.2) is 30.3 Å². The molecule has 3 nitrogen and oxygen atoms in total. The van der Waals surface area contributed by atoms with Crippen LogP contribution in [0.3, 0.4) is 0 Å². The Labute approximate surface area is 99.4 Å². The van der Waals surface area contributed by atoms with Crippen molar-refractivity contribution in [2.45, 2.75) is 13.3 Å². The summed E-state index contributed by atoms with van der Waals surface area (Å²) < 4.78 is 0. The van der Waals surface area contributed by atoms with E-state index in [2.05, 4.69) is 11.9 Å². The summed E-state index contributed by atoms with van der Waals surface area (Å²) in [6.45, 7) is 2.13. The lowest BCUT2D eigenvalue weighted by Gasteiger charge is -2.01. The van der Waals surface area contributed by atoms with Gasteiger partial charge in [0, 0.05) is 33.2 Å². The summed E-state index contributed by atoms with van der Waals surface area (Å²) in [5.41, 5.74) is 16.9. The van der Waals surface area contributed by atoms with Crippen LogP contribution in [-0.2, 0) is 6.42 Å². The Morgan fingerprint density at radius 3 is 2.53 bits per heavy atom. The quantitative estimate of drug-likeness (QED) is 0.557. The van der Waals surface area contributed by atoms with Crippen LogP contribution in [-0.4, -0.2) is 4.98 Å². The maximum Gasteiger partial charge on any atom is 0.0498 e. The Morgan fingerprint density at radius 2 is 1.76 bits per heavy atom. The predicted molar refractivity (Wildman–Crippen MR) is 74.0 cm³/mol. The highest BCUT2D eigenvalue weighted by Gasteiger charge is 2.08. The minimum atomic E-state index is 0.777. The first kappa shape index (κ1) is 10.0. The van der Waals surface area contributed by atoms with E-state index in [0.29, 0.717) is 0 Å². The Kier molecular flexibility index (Phi) is 2.01. The molecule has 0 fully saturated rings. The molecule has 5 N–H and O–H groups in total. The topological polar surface area (TPSA) is 67.8 Å². The Bertz CT molecular complexity index is 710.